The zero-order valence-electron chi connectivity index (χ0n) is 10.8. The lowest BCUT2D eigenvalue weighted by Crippen LogP contribution is -2.16. The number of likely N-dealkylation sites (N-methyl/N-ethyl adjacent to an activating group) is 1. The molecule has 14 heavy (non-hydrogen) atoms. The molecule has 0 bridgehead atoms. The van der Waals surface area contributed by atoms with Crippen molar-refractivity contribution in [1.29, 1.82) is 0 Å². The minimum Gasteiger partial charge on any atom is -0.383 e. The topological polar surface area (TPSA) is 15.7 Å². The van der Waals surface area contributed by atoms with Gasteiger partial charge in [-0.25, -0.2) is 0 Å². The number of unbranched alkanes of at least 4 members (excludes halogenated alkanes) is 1. The Bertz CT molecular complexity index is 83.3. The van der Waals surface area contributed by atoms with E-state index in [0.29, 0.717) is 0 Å². The third-order valence-electron chi connectivity index (χ3n) is 1.70. The van der Waals surface area contributed by atoms with Gasteiger partial charge in [-0.3, -0.25) is 0 Å². The molecule has 0 saturated carbocycles. The van der Waals surface area contributed by atoms with E-state index in [4.69, 9.17) is 4.74 Å². The van der Waals surface area contributed by atoms with Crippen LogP contribution in [-0.4, -0.2) is 64.8 Å². The molecular weight excluding hydrogens is 176 g/mol. The van der Waals surface area contributed by atoms with Crippen molar-refractivity contribution in [3.05, 3.63) is 0 Å². The Morgan fingerprint density at radius 1 is 0.929 bits per heavy atom. The SMILES string of the molecule is CCCCN(C)C.COCCN(C)C. The van der Waals surface area contributed by atoms with E-state index in [2.05, 4.69) is 30.8 Å². The average molecular weight is 204 g/mol. The lowest BCUT2D eigenvalue weighted by molar-refractivity contribution is 0.172. The first-order valence-corrected chi connectivity index (χ1v) is 5.33. The highest BCUT2D eigenvalue weighted by Gasteiger charge is 1.84. The zero-order valence-corrected chi connectivity index (χ0v) is 10.8. The molecular formula is C11H28N2O. The summed E-state index contributed by atoms with van der Waals surface area (Å²) in [7, 11) is 9.98. The standard InChI is InChI=1S/C6H15N.C5H13NO/c1-4-5-6-7(2)3;1-6(2)4-5-7-3/h4-6H2,1-3H3;4-5H2,1-3H3. The lowest BCUT2D eigenvalue weighted by Gasteiger charge is -2.06. The molecule has 3 nitrogen and oxygen atoms in total. The number of hydrogen-bond acceptors (Lipinski definition) is 3. The quantitative estimate of drug-likeness (QED) is 0.653. The molecule has 3 heteroatoms. The van der Waals surface area contributed by atoms with E-state index in [0.717, 1.165) is 13.2 Å². The molecule has 88 valence electrons. The van der Waals surface area contributed by atoms with Crippen molar-refractivity contribution in [2.75, 3.05) is 55.0 Å². The van der Waals surface area contributed by atoms with E-state index in [1.165, 1.54) is 19.4 Å². The van der Waals surface area contributed by atoms with Gasteiger partial charge in [-0.2, -0.15) is 0 Å². The monoisotopic (exact) mass is 204 g/mol. The lowest BCUT2D eigenvalue weighted by atomic mass is 10.3. The molecule has 0 fully saturated rings. The first kappa shape index (κ1) is 16.3. The van der Waals surface area contributed by atoms with Crippen molar-refractivity contribution >= 4 is 0 Å². The molecule has 0 atom stereocenters. The summed E-state index contributed by atoms with van der Waals surface area (Å²) in [4.78, 5) is 4.30. The van der Waals surface area contributed by atoms with Crippen LogP contribution >= 0.6 is 0 Å². The van der Waals surface area contributed by atoms with Gasteiger partial charge >= 0.3 is 0 Å². The van der Waals surface area contributed by atoms with Crippen LogP contribution in [0.4, 0.5) is 0 Å². The van der Waals surface area contributed by atoms with Gasteiger partial charge in [0, 0.05) is 13.7 Å². The highest BCUT2D eigenvalue weighted by atomic mass is 16.5. The molecule has 0 rings (SSSR count). The van der Waals surface area contributed by atoms with Crippen LogP contribution < -0.4 is 0 Å². The second-order valence-corrected chi connectivity index (χ2v) is 3.95. The summed E-state index contributed by atoms with van der Waals surface area (Å²) < 4.78 is 4.81. The molecule has 0 unspecified atom stereocenters. The number of hydrogen-bond donors (Lipinski definition) is 0. The zero-order chi connectivity index (χ0) is 11.4. The fourth-order valence-electron chi connectivity index (χ4n) is 0.748. The van der Waals surface area contributed by atoms with Crippen molar-refractivity contribution in [3.8, 4) is 0 Å². The van der Waals surface area contributed by atoms with E-state index in [9.17, 15) is 0 Å². The third-order valence-corrected chi connectivity index (χ3v) is 1.70. The number of rotatable bonds is 6. The smallest absolute Gasteiger partial charge is 0.0589 e. The summed E-state index contributed by atoms with van der Waals surface area (Å²) in [5.41, 5.74) is 0. The second-order valence-electron chi connectivity index (χ2n) is 3.95. The van der Waals surface area contributed by atoms with Crippen molar-refractivity contribution in [2.45, 2.75) is 19.8 Å². The maximum atomic E-state index is 4.81. The van der Waals surface area contributed by atoms with Gasteiger partial charge in [0.2, 0.25) is 0 Å². The third kappa shape index (κ3) is 22.6. The molecule has 0 spiro atoms. The van der Waals surface area contributed by atoms with Gasteiger partial charge in [0.25, 0.3) is 0 Å². The summed E-state index contributed by atoms with van der Waals surface area (Å²) in [6.45, 7) is 5.28. The summed E-state index contributed by atoms with van der Waals surface area (Å²) in [5.74, 6) is 0. The van der Waals surface area contributed by atoms with Gasteiger partial charge in [0.15, 0.2) is 0 Å². The van der Waals surface area contributed by atoms with Crippen LogP contribution in [0.15, 0.2) is 0 Å². The van der Waals surface area contributed by atoms with Gasteiger partial charge in [-0.15, -0.1) is 0 Å². The Kier molecular flexibility index (Phi) is 15.0. The summed E-state index contributed by atoms with van der Waals surface area (Å²) in [6.07, 6.45) is 2.63. The fourth-order valence-corrected chi connectivity index (χ4v) is 0.748. The van der Waals surface area contributed by atoms with Crippen molar-refractivity contribution < 1.29 is 4.74 Å². The molecule has 0 radical (unpaired) electrons. The molecule has 0 aliphatic carbocycles. The van der Waals surface area contributed by atoms with Gasteiger partial charge in [0.05, 0.1) is 6.61 Å². The highest BCUT2D eigenvalue weighted by molar-refractivity contribution is 4.39. The Balaban J connectivity index is 0. The summed E-state index contributed by atoms with van der Waals surface area (Å²) in [5, 5.41) is 0. The molecule has 0 N–H and O–H groups in total. The van der Waals surface area contributed by atoms with E-state index >= 15 is 0 Å². The molecule has 0 aromatic carbocycles. The van der Waals surface area contributed by atoms with Crippen LogP contribution in [0, 0.1) is 0 Å². The van der Waals surface area contributed by atoms with E-state index < -0.39 is 0 Å². The number of nitrogens with zero attached hydrogens (tertiary/aromatic N) is 2. The molecule has 0 aromatic heterocycles. The predicted octanol–water partition coefficient (Wildman–Crippen LogP) is 1.54. The normalized spacial score (nSPS) is 10.3. The minimum atomic E-state index is 0.826. The largest absolute Gasteiger partial charge is 0.383 e. The minimum absolute atomic E-state index is 0.826. The Morgan fingerprint density at radius 3 is 1.57 bits per heavy atom. The van der Waals surface area contributed by atoms with E-state index in [1.807, 2.05) is 14.1 Å². The average Bonchev–Trinajstić information content (AvgIpc) is 2.12. The maximum absolute atomic E-state index is 4.81. The molecule has 0 heterocycles. The van der Waals surface area contributed by atoms with Crippen molar-refractivity contribution in [2.24, 2.45) is 0 Å². The molecule has 0 aliphatic rings. The molecule has 0 aliphatic heterocycles. The molecule has 0 aromatic rings. The van der Waals surface area contributed by atoms with Gasteiger partial charge in [-0.1, -0.05) is 13.3 Å². The summed E-state index contributed by atoms with van der Waals surface area (Å²) in [6, 6.07) is 0. The number of methoxy groups -OCH3 is 1. The van der Waals surface area contributed by atoms with Gasteiger partial charge in [0.1, 0.15) is 0 Å². The van der Waals surface area contributed by atoms with E-state index in [-0.39, 0.29) is 0 Å². The Hall–Kier alpha value is -0.120. The highest BCUT2D eigenvalue weighted by Crippen LogP contribution is 1.86. The first-order valence-electron chi connectivity index (χ1n) is 5.33. The number of ether oxygens (including phenoxy) is 1. The van der Waals surface area contributed by atoms with Crippen LogP contribution in [0.1, 0.15) is 19.8 Å². The van der Waals surface area contributed by atoms with Crippen molar-refractivity contribution in [1.82, 2.24) is 9.80 Å². The van der Waals surface area contributed by atoms with Gasteiger partial charge < -0.3 is 14.5 Å². The van der Waals surface area contributed by atoms with Crippen LogP contribution in [0.5, 0.6) is 0 Å². The van der Waals surface area contributed by atoms with Gasteiger partial charge in [-0.05, 0) is 41.2 Å². The molecule has 0 amide bonds. The molecule has 0 saturated heterocycles. The second kappa shape index (κ2) is 12.9. The van der Waals surface area contributed by atoms with Crippen molar-refractivity contribution in [3.63, 3.8) is 0 Å². The Labute approximate surface area is 90.0 Å². The van der Waals surface area contributed by atoms with Crippen LogP contribution in [-0.2, 0) is 4.74 Å². The first-order chi connectivity index (χ1) is 6.54. The Morgan fingerprint density at radius 2 is 1.43 bits per heavy atom. The van der Waals surface area contributed by atoms with Crippen LogP contribution in [0.3, 0.4) is 0 Å². The fraction of sp³-hybridized carbons (Fsp3) is 1.00. The maximum Gasteiger partial charge on any atom is 0.0589 e. The summed E-state index contributed by atoms with van der Waals surface area (Å²) >= 11 is 0. The van der Waals surface area contributed by atoms with Crippen LogP contribution in [0.2, 0.25) is 0 Å². The predicted molar refractivity (Wildman–Crippen MR) is 63.9 cm³/mol. The van der Waals surface area contributed by atoms with E-state index in [1.54, 1.807) is 7.11 Å². The van der Waals surface area contributed by atoms with Crippen LogP contribution in [0.25, 0.3) is 0 Å².